The van der Waals surface area contributed by atoms with E-state index in [1.807, 2.05) is 26.0 Å². The second-order valence-electron chi connectivity index (χ2n) is 6.82. The summed E-state index contributed by atoms with van der Waals surface area (Å²) >= 11 is 0. The summed E-state index contributed by atoms with van der Waals surface area (Å²) in [7, 11) is -1.50. The van der Waals surface area contributed by atoms with E-state index in [0.29, 0.717) is 6.54 Å². The van der Waals surface area contributed by atoms with Crippen molar-refractivity contribution in [1.29, 1.82) is 0 Å². The highest BCUT2D eigenvalue weighted by Gasteiger charge is 2.29. The molecule has 7 heteroatoms. The van der Waals surface area contributed by atoms with Crippen LogP contribution >= 0.6 is 0 Å². The van der Waals surface area contributed by atoms with Crippen LogP contribution < -0.4 is 9.64 Å². The third-order valence-corrected chi connectivity index (χ3v) is 6.49. The summed E-state index contributed by atoms with van der Waals surface area (Å²) in [6, 6.07) is 8.17. The number of nitrogens with zero attached hydrogens (tertiary/aromatic N) is 3. The molecule has 1 aliphatic heterocycles. The molecule has 0 unspecified atom stereocenters. The molecule has 1 aliphatic rings. The largest absolute Gasteiger partial charge is 0.494 e. The van der Waals surface area contributed by atoms with E-state index in [-0.39, 0.29) is 6.04 Å². The van der Waals surface area contributed by atoms with E-state index in [1.165, 1.54) is 6.26 Å². The Labute approximate surface area is 155 Å². The van der Waals surface area contributed by atoms with E-state index in [2.05, 4.69) is 22.0 Å². The number of sulfonamides is 1. The van der Waals surface area contributed by atoms with Crippen molar-refractivity contribution >= 4 is 26.6 Å². The Kier molecular flexibility index (Phi) is 5.39. The van der Waals surface area contributed by atoms with Gasteiger partial charge in [-0.15, -0.1) is 0 Å². The van der Waals surface area contributed by atoms with E-state index in [0.717, 1.165) is 54.0 Å². The van der Waals surface area contributed by atoms with Crippen molar-refractivity contribution in [2.45, 2.75) is 32.7 Å². The van der Waals surface area contributed by atoms with Crippen LogP contribution in [-0.4, -0.2) is 56.7 Å². The minimum atomic E-state index is -3.16. The van der Waals surface area contributed by atoms with Crippen molar-refractivity contribution in [3.05, 3.63) is 30.0 Å². The van der Waals surface area contributed by atoms with Crippen molar-refractivity contribution in [2.75, 3.05) is 37.9 Å². The SMILES string of the molecule is CCN(C1CCN(c2cc(C)nc3c(OC)cccc23)CC1)S(C)(=O)=O. The highest BCUT2D eigenvalue weighted by atomic mass is 32.2. The maximum absolute atomic E-state index is 12.0. The molecule has 0 spiro atoms. The number of hydrogen-bond acceptors (Lipinski definition) is 5. The number of rotatable bonds is 5. The molecule has 2 heterocycles. The number of benzene rings is 1. The molecule has 0 bridgehead atoms. The third-order valence-electron chi connectivity index (χ3n) is 5.08. The molecule has 1 fully saturated rings. The quantitative estimate of drug-likeness (QED) is 0.802. The van der Waals surface area contributed by atoms with Crippen molar-refractivity contribution in [3.8, 4) is 5.75 Å². The molecule has 142 valence electrons. The molecule has 1 aromatic heterocycles. The fourth-order valence-electron chi connectivity index (χ4n) is 3.91. The topological polar surface area (TPSA) is 62.7 Å². The van der Waals surface area contributed by atoms with E-state index in [1.54, 1.807) is 11.4 Å². The fourth-order valence-corrected chi connectivity index (χ4v) is 5.13. The average Bonchev–Trinajstić information content (AvgIpc) is 2.60. The molecule has 0 radical (unpaired) electrons. The van der Waals surface area contributed by atoms with Gasteiger partial charge in [0.2, 0.25) is 10.0 Å². The number of pyridine rings is 1. The van der Waals surface area contributed by atoms with Crippen molar-refractivity contribution < 1.29 is 13.2 Å². The minimum Gasteiger partial charge on any atom is -0.494 e. The van der Waals surface area contributed by atoms with Gasteiger partial charge >= 0.3 is 0 Å². The Hall–Kier alpha value is -1.86. The zero-order chi connectivity index (χ0) is 18.9. The number of aromatic nitrogens is 1. The summed E-state index contributed by atoms with van der Waals surface area (Å²) in [5.41, 5.74) is 2.97. The van der Waals surface area contributed by atoms with Crippen LogP contribution in [0.25, 0.3) is 10.9 Å². The summed E-state index contributed by atoms with van der Waals surface area (Å²) in [4.78, 5) is 6.99. The lowest BCUT2D eigenvalue weighted by Gasteiger charge is -2.38. The van der Waals surface area contributed by atoms with Gasteiger partial charge in [0.25, 0.3) is 0 Å². The second-order valence-corrected chi connectivity index (χ2v) is 8.76. The van der Waals surface area contributed by atoms with Gasteiger partial charge < -0.3 is 9.64 Å². The average molecular weight is 378 g/mol. The van der Waals surface area contributed by atoms with Gasteiger partial charge in [0.05, 0.1) is 13.4 Å². The first-order valence-corrected chi connectivity index (χ1v) is 10.9. The molecule has 0 N–H and O–H groups in total. The molecule has 1 aromatic carbocycles. The Bertz CT molecular complexity index is 890. The predicted molar refractivity (Wildman–Crippen MR) is 105 cm³/mol. The second kappa shape index (κ2) is 7.40. The fraction of sp³-hybridized carbons (Fsp3) is 0.526. The lowest BCUT2D eigenvalue weighted by atomic mass is 10.0. The van der Waals surface area contributed by atoms with E-state index < -0.39 is 10.0 Å². The smallest absolute Gasteiger partial charge is 0.211 e. The van der Waals surface area contributed by atoms with Gasteiger partial charge in [-0.1, -0.05) is 19.1 Å². The van der Waals surface area contributed by atoms with E-state index >= 15 is 0 Å². The van der Waals surface area contributed by atoms with Crippen molar-refractivity contribution in [3.63, 3.8) is 0 Å². The van der Waals surface area contributed by atoms with Crippen LogP contribution in [0, 0.1) is 6.92 Å². The normalized spacial score (nSPS) is 16.4. The maximum Gasteiger partial charge on any atom is 0.211 e. The number of piperidine rings is 1. The zero-order valence-electron chi connectivity index (χ0n) is 15.9. The van der Waals surface area contributed by atoms with Crippen LogP contribution in [0.15, 0.2) is 24.3 Å². The number of aryl methyl sites for hydroxylation is 1. The molecule has 0 aliphatic carbocycles. The van der Waals surface area contributed by atoms with Crippen LogP contribution in [0.4, 0.5) is 5.69 Å². The van der Waals surface area contributed by atoms with Gasteiger partial charge in [-0.2, -0.15) is 4.31 Å². The van der Waals surface area contributed by atoms with Crippen molar-refractivity contribution in [1.82, 2.24) is 9.29 Å². The summed E-state index contributed by atoms with van der Waals surface area (Å²) < 4.78 is 31.1. The third kappa shape index (κ3) is 3.64. The summed E-state index contributed by atoms with van der Waals surface area (Å²) in [6.45, 7) is 6.07. The first-order valence-electron chi connectivity index (χ1n) is 9.01. The predicted octanol–water partition coefficient (Wildman–Crippen LogP) is 2.80. The molecule has 26 heavy (non-hydrogen) atoms. The summed E-state index contributed by atoms with van der Waals surface area (Å²) in [5.74, 6) is 0.775. The van der Waals surface area contributed by atoms with Gasteiger partial charge in [-0.25, -0.2) is 13.4 Å². The van der Waals surface area contributed by atoms with Crippen LogP contribution in [0.1, 0.15) is 25.5 Å². The summed E-state index contributed by atoms with van der Waals surface area (Å²) in [5, 5.41) is 1.07. The number of fused-ring (bicyclic) bond motifs is 1. The highest BCUT2D eigenvalue weighted by Crippen LogP contribution is 2.34. The Morgan fingerprint density at radius 2 is 2.00 bits per heavy atom. The van der Waals surface area contributed by atoms with Gasteiger partial charge in [0.15, 0.2) is 0 Å². The first-order chi connectivity index (χ1) is 12.3. The number of methoxy groups -OCH3 is 1. The molecule has 0 atom stereocenters. The molecule has 2 aromatic rings. The lowest BCUT2D eigenvalue weighted by molar-refractivity contribution is 0.285. The molecule has 3 rings (SSSR count). The lowest BCUT2D eigenvalue weighted by Crippen LogP contribution is -2.47. The number of para-hydroxylation sites is 1. The van der Waals surface area contributed by atoms with Crippen LogP contribution in [-0.2, 0) is 10.0 Å². The molecule has 0 saturated carbocycles. The van der Waals surface area contributed by atoms with E-state index in [4.69, 9.17) is 4.74 Å². The molecule has 0 amide bonds. The number of anilines is 1. The van der Waals surface area contributed by atoms with Crippen LogP contribution in [0.5, 0.6) is 5.75 Å². The molecular weight excluding hydrogens is 350 g/mol. The van der Waals surface area contributed by atoms with E-state index in [9.17, 15) is 8.42 Å². The zero-order valence-corrected chi connectivity index (χ0v) is 16.7. The maximum atomic E-state index is 12.0. The molecular formula is C19H27N3O3S. The monoisotopic (exact) mass is 377 g/mol. The van der Waals surface area contributed by atoms with Gasteiger partial charge in [0.1, 0.15) is 11.3 Å². The summed E-state index contributed by atoms with van der Waals surface area (Å²) in [6.07, 6.45) is 2.95. The first kappa shape index (κ1) is 18.9. The van der Waals surface area contributed by atoms with Gasteiger partial charge in [-0.05, 0) is 31.9 Å². The molecule has 1 saturated heterocycles. The van der Waals surface area contributed by atoms with Crippen molar-refractivity contribution in [2.24, 2.45) is 0 Å². The highest BCUT2D eigenvalue weighted by molar-refractivity contribution is 7.88. The van der Waals surface area contributed by atoms with Crippen LogP contribution in [0.3, 0.4) is 0 Å². The molecule has 6 nitrogen and oxygen atoms in total. The Balaban J connectivity index is 1.88. The van der Waals surface area contributed by atoms with Gasteiger partial charge in [0, 0.05) is 42.4 Å². The standard InChI is InChI=1S/C19H27N3O3S/c1-5-22(26(4,23)24)15-9-11-21(12-10-15)17-13-14(2)20-19-16(17)7-6-8-18(19)25-3/h6-8,13,15H,5,9-12H2,1-4H3. The van der Waals surface area contributed by atoms with Gasteiger partial charge in [-0.3, -0.25) is 0 Å². The number of ether oxygens (including phenoxy) is 1. The van der Waals surface area contributed by atoms with Crippen LogP contribution in [0.2, 0.25) is 0 Å². The number of hydrogen-bond donors (Lipinski definition) is 0. The Morgan fingerprint density at radius 1 is 1.31 bits per heavy atom. The Morgan fingerprint density at radius 3 is 2.58 bits per heavy atom. The minimum absolute atomic E-state index is 0.0787.